The van der Waals surface area contributed by atoms with Crippen molar-refractivity contribution in [2.24, 2.45) is 0 Å². The van der Waals surface area contributed by atoms with Crippen LogP contribution in [0.3, 0.4) is 0 Å². The molecule has 0 atom stereocenters. The van der Waals surface area contributed by atoms with Crippen molar-refractivity contribution in [2.45, 2.75) is 4.90 Å². The zero-order chi connectivity index (χ0) is 18.6. The number of likely N-dealkylation sites (N-methyl/N-ethyl adjacent to an activating group) is 1. The molecule has 0 heterocycles. The number of sulfonamides is 1. The number of benzene rings is 2. The van der Waals surface area contributed by atoms with Crippen LogP contribution in [0.15, 0.2) is 47.4 Å². The molecule has 0 saturated heterocycles. The van der Waals surface area contributed by atoms with Gasteiger partial charge in [-0.2, -0.15) is 0 Å². The van der Waals surface area contributed by atoms with Crippen LogP contribution in [0, 0.1) is 11.6 Å². The molecule has 0 aliphatic rings. The van der Waals surface area contributed by atoms with Crippen LogP contribution in [-0.2, 0) is 14.8 Å². The number of nitrogens with zero attached hydrogens (tertiary/aromatic N) is 1. The molecule has 2 aromatic carbocycles. The number of ether oxygens (including phenoxy) is 1. The molecule has 0 radical (unpaired) electrons. The highest BCUT2D eigenvalue weighted by Crippen LogP contribution is 2.20. The molecule has 1 N–H and O–H groups in total. The minimum absolute atomic E-state index is 0.146. The van der Waals surface area contributed by atoms with Gasteiger partial charge in [-0.25, -0.2) is 17.2 Å². The summed E-state index contributed by atoms with van der Waals surface area (Å²) in [4.78, 5) is 12.4. The molecule has 2 rings (SSSR count). The van der Waals surface area contributed by atoms with Crippen molar-refractivity contribution in [1.29, 1.82) is 0 Å². The number of carbonyl (C=O) groups excluding carboxylic acids is 1. The van der Waals surface area contributed by atoms with Gasteiger partial charge >= 0.3 is 0 Å². The lowest BCUT2D eigenvalue weighted by Gasteiger charge is -2.12. The Balaban J connectivity index is 2.07. The van der Waals surface area contributed by atoms with Crippen LogP contribution >= 0.6 is 0 Å². The van der Waals surface area contributed by atoms with Crippen molar-refractivity contribution >= 4 is 21.6 Å². The van der Waals surface area contributed by atoms with E-state index in [9.17, 15) is 22.0 Å². The minimum atomic E-state index is -4.06. The van der Waals surface area contributed by atoms with E-state index in [0.29, 0.717) is 11.8 Å². The molecule has 0 aromatic heterocycles. The zero-order valence-electron chi connectivity index (χ0n) is 13.5. The number of amides is 1. The van der Waals surface area contributed by atoms with Gasteiger partial charge in [0.15, 0.2) is 18.2 Å². The van der Waals surface area contributed by atoms with E-state index in [4.69, 9.17) is 4.74 Å². The maximum Gasteiger partial charge on any atom is 0.261 e. The van der Waals surface area contributed by atoms with Crippen molar-refractivity contribution < 1.29 is 26.7 Å². The summed E-state index contributed by atoms with van der Waals surface area (Å²) in [5.41, 5.74) is 0.205. The molecule has 2 aromatic rings. The van der Waals surface area contributed by atoms with Crippen molar-refractivity contribution in [3.05, 3.63) is 54.1 Å². The van der Waals surface area contributed by atoms with Crippen molar-refractivity contribution in [3.8, 4) is 5.75 Å². The van der Waals surface area contributed by atoms with E-state index < -0.39 is 26.6 Å². The minimum Gasteiger partial charge on any atom is -0.484 e. The summed E-state index contributed by atoms with van der Waals surface area (Å²) in [7, 11) is -0.863. The third-order valence-corrected chi connectivity index (χ3v) is 4.55. The third-order valence-electron chi connectivity index (χ3n) is 3.17. The highest BCUT2D eigenvalue weighted by molar-refractivity contribution is 7.92. The number of carbonyl (C=O) groups is 1. The van der Waals surface area contributed by atoms with Crippen LogP contribution < -0.4 is 9.46 Å². The molecule has 25 heavy (non-hydrogen) atoms. The number of anilines is 1. The van der Waals surface area contributed by atoms with Crippen LogP contribution in [0.25, 0.3) is 0 Å². The van der Waals surface area contributed by atoms with Gasteiger partial charge in [-0.05, 0) is 42.5 Å². The van der Waals surface area contributed by atoms with Crippen LogP contribution in [0.1, 0.15) is 0 Å². The molecule has 0 fully saturated rings. The van der Waals surface area contributed by atoms with Crippen LogP contribution in [0.4, 0.5) is 14.5 Å². The van der Waals surface area contributed by atoms with Crippen LogP contribution in [-0.4, -0.2) is 39.9 Å². The molecule has 1 amide bonds. The third kappa shape index (κ3) is 4.90. The molecular weight excluding hydrogens is 354 g/mol. The lowest BCUT2D eigenvalue weighted by Crippen LogP contribution is -2.27. The molecule has 0 unspecified atom stereocenters. The summed E-state index contributed by atoms with van der Waals surface area (Å²) in [6, 6.07) is 8.10. The van der Waals surface area contributed by atoms with E-state index in [1.54, 1.807) is 14.1 Å². The first-order chi connectivity index (χ1) is 11.7. The van der Waals surface area contributed by atoms with Crippen molar-refractivity contribution in [1.82, 2.24) is 4.90 Å². The smallest absolute Gasteiger partial charge is 0.261 e. The fourth-order valence-electron chi connectivity index (χ4n) is 1.75. The van der Waals surface area contributed by atoms with E-state index >= 15 is 0 Å². The van der Waals surface area contributed by atoms with Gasteiger partial charge in [0.1, 0.15) is 5.75 Å². The van der Waals surface area contributed by atoms with Gasteiger partial charge in [-0.1, -0.05) is 0 Å². The summed E-state index contributed by atoms with van der Waals surface area (Å²) in [6.45, 7) is -0.146. The molecular formula is C16H16F2N2O4S. The Morgan fingerprint density at radius 3 is 2.28 bits per heavy atom. The van der Waals surface area contributed by atoms with E-state index in [2.05, 4.69) is 4.72 Å². The largest absolute Gasteiger partial charge is 0.484 e. The monoisotopic (exact) mass is 370 g/mol. The van der Waals surface area contributed by atoms with E-state index in [1.165, 1.54) is 29.2 Å². The second-order valence-electron chi connectivity index (χ2n) is 5.28. The molecule has 0 bridgehead atoms. The van der Waals surface area contributed by atoms with Gasteiger partial charge in [0.05, 0.1) is 4.90 Å². The SMILES string of the molecule is CN(C)C(=O)COc1ccc(NS(=O)(=O)c2ccc(F)c(F)c2)cc1. The predicted octanol–water partition coefficient (Wildman–Crippen LogP) is 2.23. The maximum atomic E-state index is 13.2. The molecule has 134 valence electrons. The summed E-state index contributed by atoms with van der Waals surface area (Å²) in [5, 5.41) is 0. The highest BCUT2D eigenvalue weighted by Gasteiger charge is 2.16. The van der Waals surface area contributed by atoms with Crippen LogP contribution in [0.2, 0.25) is 0 Å². The normalized spacial score (nSPS) is 11.0. The second kappa shape index (κ2) is 7.47. The van der Waals surface area contributed by atoms with Gasteiger partial charge < -0.3 is 9.64 Å². The summed E-state index contributed by atoms with van der Waals surface area (Å²) in [5.74, 6) is -2.22. The standard InChI is InChI=1S/C16H16F2N2O4S/c1-20(2)16(21)10-24-12-5-3-11(4-6-12)19-25(22,23)13-7-8-14(17)15(18)9-13/h3-9,19H,10H2,1-2H3. The van der Waals surface area contributed by atoms with Gasteiger partial charge in [0, 0.05) is 19.8 Å². The van der Waals surface area contributed by atoms with Gasteiger partial charge in [0.2, 0.25) is 0 Å². The van der Waals surface area contributed by atoms with Crippen molar-refractivity contribution in [2.75, 3.05) is 25.4 Å². The molecule has 6 nitrogen and oxygen atoms in total. The molecule has 0 saturated carbocycles. The zero-order valence-corrected chi connectivity index (χ0v) is 14.3. The topological polar surface area (TPSA) is 75.7 Å². The number of halogens is 2. The van der Waals surface area contributed by atoms with Gasteiger partial charge in [-0.15, -0.1) is 0 Å². The molecule has 0 aliphatic heterocycles. The summed E-state index contributed by atoms with van der Waals surface area (Å²) in [6.07, 6.45) is 0. The Labute approximate surface area is 144 Å². The van der Waals surface area contributed by atoms with Gasteiger partial charge in [-0.3, -0.25) is 9.52 Å². The van der Waals surface area contributed by atoms with Crippen LogP contribution in [0.5, 0.6) is 5.75 Å². The molecule has 0 spiro atoms. The summed E-state index contributed by atoms with van der Waals surface area (Å²) < 4.78 is 57.9. The lowest BCUT2D eigenvalue weighted by atomic mass is 10.3. The Bertz CT molecular complexity index is 868. The van der Waals surface area contributed by atoms with E-state index in [1.807, 2.05) is 0 Å². The van der Waals surface area contributed by atoms with E-state index in [0.717, 1.165) is 12.1 Å². The number of hydrogen-bond donors (Lipinski definition) is 1. The fraction of sp³-hybridized carbons (Fsp3) is 0.188. The first-order valence-corrected chi connectivity index (χ1v) is 8.58. The first-order valence-electron chi connectivity index (χ1n) is 7.10. The van der Waals surface area contributed by atoms with Crippen molar-refractivity contribution in [3.63, 3.8) is 0 Å². The second-order valence-corrected chi connectivity index (χ2v) is 6.97. The molecule has 9 heteroatoms. The number of hydrogen-bond acceptors (Lipinski definition) is 4. The number of rotatable bonds is 6. The highest BCUT2D eigenvalue weighted by atomic mass is 32.2. The Hall–Kier alpha value is -2.68. The van der Waals surface area contributed by atoms with E-state index in [-0.39, 0.29) is 18.2 Å². The first kappa shape index (κ1) is 18.7. The molecule has 0 aliphatic carbocycles. The fourth-order valence-corrected chi connectivity index (χ4v) is 2.82. The van der Waals surface area contributed by atoms with Gasteiger partial charge in [0.25, 0.3) is 15.9 Å². The predicted molar refractivity (Wildman–Crippen MR) is 87.8 cm³/mol. The maximum absolute atomic E-state index is 13.2. The Kier molecular flexibility index (Phi) is 5.58. The Morgan fingerprint density at radius 2 is 1.72 bits per heavy atom. The average molecular weight is 370 g/mol. The average Bonchev–Trinajstić information content (AvgIpc) is 2.55. The summed E-state index contributed by atoms with van der Waals surface area (Å²) >= 11 is 0. The quantitative estimate of drug-likeness (QED) is 0.846. The lowest BCUT2D eigenvalue weighted by molar-refractivity contribution is -0.130. The Morgan fingerprint density at radius 1 is 1.08 bits per heavy atom. The number of nitrogens with one attached hydrogen (secondary N) is 1.